The lowest BCUT2D eigenvalue weighted by molar-refractivity contribution is 0.0232. The van der Waals surface area contributed by atoms with E-state index in [0.29, 0.717) is 12.1 Å². The molecule has 6 nitrogen and oxygen atoms in total. The van der Waals surface area contributed by atoms with Crippen LogP contribution in [0.15, 0.2) is 18.3 Å². The molecule has 1 unspecified atom stereocenters. The number of nitrogens with zero attached hydrogens (tertiary/aromatic N) is 4. The van der Waals surface area contributed by atoms with Crippen molar-refractivity contribution in [2.24, 2.45) is 0 Å². The van der Waals surface area contributed by atoms with Crippen molar-refractivity contribution in [2.45, 2.75) is 45.3 Å². The summed E-state index contributed by atoms with van der Waals surface area (Å²) in [5.74, 6) is 0.736. The van der Waals surface area contributed by atoms with Gasteiger partial charge in [-0.2, -0.15) is 5.26 Å². The van der Waals surface area contributed by atoms with Gasteiger partial charge in [-0.15, -0.1) is 0 Å². The molecule has 2 heterocycles. The second-order valence-electron chi connectivity index (χ2n) is 6.86. The van der Waals surface area contributed by atoms with Crippen LogP contribution in [0.25, 0.3) is 0 Å². The highest BCUT2D eigenvalue weighted by Crippen LogP contribution is 2.22. The summed E-state index contributed by atoms with van der Waals surface area (Å²) in [4.78, 5) is 20.4. The van der Waals surface area contributed by atoms with Gasteiger partial charge in [0.2, 0.25) is 0 Å². The molecule has 1 aromatic rings. The number of anilines is 1. The summed E-state index contributed by atoms with van der Waals surface area (Å²) in [6.45, 7) is 7.01. The van der Waals surface area contributed by atoms with Crippen molar-refractivity contribution in [3.63, 3.8) is 0 Å². The van der Waals surface area contributed by atoms with Crippen LogP contribution in [-0.4, -0.2) is 47.8 Å². The summed E-state index contributed by atoms with van der Waals surface area (Å²) in [5.41, 5.74) is 0.0935. The average Bonchev–Trinajstić information content (AvgIpc) is 2.93. The van der Waals surface area contributed by atoms with Crippen LogP contribution in [0.2, 0.25) is 0 Å². The number of amides is 1. The quantitative estimate of drug-likeness (QED) is 0.857. The predicted molar refractivity (Wildman–Crippen MR) is 88.2 cm³/mol. The van der Waals surface area contributed by atoms with Crippen molar-refractivity contribution < 1.29 is 9.53 Å². The minimum atomic E-state index is -0.487. The van der Waals surface area contributed by atoms with Crippen LogP contribution in [0.4, 0.5) is 10.6 Å². The highest BCUT2D eigenvalue weighted by molar-refractivity contribution is 5.69. The third-order valence-electron chi connectivity index (χ3n) is 3.76. The first kappa shape index (κ1) is 17.1. The molecular weight excluding hydrogens is 292 g/mol. The minimum Gasteiger partial charge on any atom is -0.444 e. The molecule has 1 atom stereocenters. The molecule has 2 rings (SSSR count). The van der Waals surface area contributed by atoms with E-state index >= 15 is 0 Å². The minimum absolute atomic E-state index is 0.0994. The molecule has 1 amide bonds. The molecule has 1 aliphatic rings. The topological polar surface area (TPSA) is 69.5 Å². The second-order valence-corrected chi connectivity index (χ2v) is 6.86. The molecule has 0 radical (unpaired) electrons. The van der Waals surface area contributed by atoms with E-state index in [1.165, 1.54) is 0 Å². The summed E-state index contributed by atoms with van der Waals surface area (Å²) in [6, 6.07) is 5.65. The standard InChI is InChI=1S/C17H24N4O2/c1-17(2,3)23-16(22)21-9-5-6-14(21)12-20(4)15-10-13(11-18)7-8-19-15/h7-8,10,14H,5-6,9,12H2,1-4H3. The number of rotatable bonds is 3. The van der Waals surface area contributed by atoms with Gasteiger partial charge in [0.25, 0.3) is 0 Å². The van der Waals surface area contributed by atoms with E-state index in [2.05, 4.69) is 11.1 Å². The van der Waals surface area contributed by atoms with Gasteiger partial charge in [-0.25, -0.2) is 9.78 Å². The van der Waals surface area contributed by atoms with Crippen molar-refractivity contribution in [1.29, 1.82) is 5.26 Å². The van der Waals surface area contributed by atoms with Crippen molar-refractivity contribution in [1.82, 2.24) is 9.88 Å². The Hall–Kier alpha value is -2.29. The molecule has 0 saturated carbocycles. The number of likely N-dealkylation sites (tertiary alicyclic amines) is 1. The second kappa shape index (κ2) is 6.86. The molecule has 0 spiro atoms. The molecule has 124 valence electrons. The number of likely N-dealkylation sites (N-methyl/N-ethyl adjacent to an activating group) is 1. The van der Waals surface area contributed by atoms with E-state index < -0.39 is 5.60 Å². The van der Waals surface area contributed by atoms with Gasteiger partial charge in [0.1, 0.15) is 11.4 Å². The summed E-state index contributed by atoms with van der Waals surface area (Å²) in [7, 11) is 1.93. The number of pyridine rings is 1. The molecule has 23 heavy (non-hydrogen) atoms. The van der Waals surface area contributed by atoms with Crippen LogP contribution in [0.3, 0.4) is 0 Å². The van der Waals surface area contributed by atoms with E-state index in [1.54, 1.807) is 23.2 Å². The maximum absolute atomic E-state index is 12.3. The molecule has 0 aromatic carbocycles. The monoisotopic (exact) mass is 316 g/mol. The molecule has 1 aromatic heterocycles. The zero-order valence-electron chi connectivity index (χ0n) is 14.2. The first-order valence-electron chi connectivity index (χ1n) is 7.87. The van der Waals surface area contributed by atoms with E-state index in [9.17, 15) is 4.79 Å². The van der Waals surface area contributed by atoms with Gasteiger partial charge >= 0.3 is 6.09 Å². The lowest BCUT2D eigenvalue weighted by Crippen LogP contribution is -2.44. The van der Waals surface area contributed by atoms with Crippen LogP contribution in [-0.2, 0) is 4.74 Å². The number of aromatic nitrogens is 1. The van der Waals surface area contributed by atoms with Crippen molar-refractivity contribution in [3.8, 4) is 6.07 Å². The van der Waals surface area contributed by atoms with E-state index in [1.807, 2.05) is 32.7 Å². The van der Waals surface area contributed by atoms with Gasteiger partial charge < -0.3 is 14.5 Å². The van der Waals surface area contributed by atoms with E-state index in [4.69, 9.17) is 10.00 Å². The van der Waals surface area contributed by atoms with E-state index in [0.717, 1.165) is 25.2 Å². The van der Waals surface area contributed by atoms with Crippen molar-refractivity contribution in [2.75, 3.05) is 25.0 Å². The van der Waals surface area contributed by atoms with Crippen molar-refractivity contribution >= 4 is 11.9 Å². The number of hydrogen-bond acceptors (Lipinski definition) is 5. The Bertz CT molecular complexity index is 603. The van der Waals surface area contributed by atoms with Gasteiger partial charge in [-0.3, -0.25) is 0 Å². The maximum Gasteiger partial charge on any atom is 0.410 e. The highest BCUT2D eigenvalue weighted by Gasteiger charge is 2.32. The zero-order valence-corrected chi connectivity index (χ0v) is 14.2. The molecule has 1 fully saturated rings. The maximum atomic E-state index is 12.3. The molecule has 1 aliphatic heterocycles. The summed E-state index contributed by atoms with van der Waals surface area (Å²) in [5, 5.41) is 8.99. The van der Waals surface area contributed by atoms with Gasteiger partial charge in [0.05, 0.1) is 17.7 Å². The third-order valence-corrected chi connectivity index (χ3v) is 3.76. The lowest BCUT2D eigenvalue weighted by Gasteiger charge is -2.31. The first-order valence-corrected chi connectivity index (χ1v) is 7.87. The van der Waals surface area contributed by atoms with Crippen LogP contribution in [0, 0.1) is 11.3 Å². The normalized spacial score (nSPS) is 17.7. The van der Waals surface area contributed by atoms with Gasteiger partial charge in [-0.1, -0.05) is 0 Å². The fourth-order valence-electron chi connectivity index (χ4n) is 2.69. The molecule has 0 aliphatic carbocycles. The lowest BCUT2D eigenvalue weighted by atomic mass is 10.2. The fraction of sp³-hybridized carbons (Fsp3) is 0.588. The van der Waals surface area contributed by atoms with Crippen LogP contribution in [0.1, 0.15) is 39.2 Å². The Balaban J connectivity index is 2.03. The van der Waals surface area contributed by atoms with Crippen LogP contribution >= 0.6 is 0 Å². The number of carbonyl (C=O) groups excluding carboxylic acids is 1. The summed E-state index contributed by atoms with van der Waals surface area (Å²) < 4.78 is 5.49. The fourth-order valence-corrected chi connectivity index (χ4v) is 2.69. The molecule has 1 saturated heterocycles. The largest absolute Gasteiger partial charge is 0.444 e. The van der Waals surface area contributed by atoms with Crippen LogP contribution in [0.5, 0.6) is 0 Å². The Morgan fingerprint density at radius 2 is 2.30 bits per heavy atom. The molecule has 0 N–H and O–H groups in total. The average molecular weight is 316 g/mol. The molecule has 6 heteroatoms. The molecular formula is C17H24N4O2. The van der Waals surface area contributed by atoms with Gasteiger partial charge in [0, 0.05) is 26.3 Å². The number of carbonyl (C=O) groups is 1. The Labute approximate surface area is 137 Å². The summed E-state index contributed by atoms with van der Waals surface area (Å²) in [6.07, 6.45) is 3.29. The van der Waals surface area contributed by atoms with Gasteiger partial charge in [0.15, 0.2) is 0 Å². The third kappa shape index (κ3) is 4.59. The predicted octanol–water partition coefficient (Wildman–Crippen LogP) is 2.79. The number of ether oxygens (including phenoxy) is 1. The van der Waals surface area contributed by atoms with Gasteiger partial charge in [-0.05, 0) is 45.7 Å². The first-order chi connectivity index (χ1) is 10.8. The Morgan fingerprint density at radius 3 is 2.96 bits per heavy atom. The number of hydrogen-bond donors (Lipinski definition) is 0. The van der Waals surface area contributed by atoms with Crippen LogP contribution < -0.4 is 4.90 Å². The Kier molecular flexibility index (Phi) is 5.09. The smallest absolute Gasteiger partial charge is 0.410 e. The highest BCUT2D eigenvalue weighted by atomic mass is 16.6. The Morgan fingerprint density at radius 1 is 1.57 bits per heavy atom. The van der Waals surface area contributed by atoms with E-state index in [-0.39, 0.29) is 12.1 Å². The number of nitriles is 1. The zero-order chi connectivity index (χ0) is 17.0. The van der Waals surface area contributed by atoms with Crippen molar-refractivity contribution in [3.05, 3.63) is 23.9 Å². The SMILES string of the molecule is CN(CC1CCCN1C(=O)OC(C)(C)C)c1cc(C#N)ccn1. The molecule has 0 bridgehead atoms. The summed E-state index contributed by atoms with van der Waals surface area (Å²) >= 11 is 0.